The van der Waals surface area contributed by atoms with Gasteiger partial charge in [-0.3, -0.25) is 4.98 Å². The molecule has 4 rings (SSSR count). The quantitative estimate of drug-likeness (QED) is 0.329. The number of unbranched alkanes of at least 4 members (excludes halogenated alkanes) is 2. The lowest BCUT2D eigenvalue weighted by Gasteiger charge is -2.25. The van der Waals surface area contributed by atoms with Crippen LogP contribution >= 0.6 is 0 Å². The second-order valence-electron chi connectivity index (χ2n) is 10.4. The number of allylic oxidation sites excluding steroid dienone is 2. The zero-order valence-electron chi connectivity index (χ0n) is 19.5. The Kier molecular flexibility index (Phi) is 8.95. The standard InChI is InChI=1S/C28H42N2O2/c31-27(23-8-4-1-5-9-23)11-10-25-26-18-22(17-24(26)19-28(25)32)7-3-2-6-14-30-20-21-12-15-29-16-13-21/h10-13,15-17,23-28,30-32H,1-9,14,18-20H2/b11-10+/t24-,25+,26-,27+,28+/m0/s1. The number of aromatic nitrogens is 1. The number of hydrogen-bond donors (Lipinski definition) is 3. The van der Waals surface area contributed by atoms with Crippen LogP contribution in [0.5, 0.6) is 0 Å². The topological polar surface area (TPSA) is 65.4 Å². The summed E-state index contributed by atoms with van der Waals surface area (Å²) in [7, 11) is 0. The second-order valence-corrected chi connectivity index (χ2v) is 10.4. The molecule has 1 aromatic rings. The van der Waals surface area contributed by atoms with Crippen molar-refractivity contribution >= 4 is 0 Å². The highest BCUT2D eigenvalue weighted by Crippen LogP contribution is 2.48. The fraction of sp³-hybridized carbons (Fsp3) is 0.679. The van der Waals surface area contributed by atoms with Gasteiger partial charge in [0.1, 0.15) is 0 Å². The summed E-state index contributed by atoms with van der Waals surface area (Å²) < 4.78 is 0. The molecule has 4 heteroatoms. The summed E-state index contributed by atoms with van der Waals surface area (Å²) in [4.78, 5) is 4.06. The van der Waals surface area contributed by atoms with Crippen molar-refractivity contribution < 1.29 is 10.2 Å². The van der Waals surface area contributed by atoms with Crippen molar-refractivity contribution in [1.82, 2.24) is 10.3 Å². The molecule has 3 N–H and O–H groups in total. The van der Waals surface area contributed by atoms with Crippen molar-refractivity contribution in [2.75, 3.05) is 6.54 Å². The monoisotopic (exact) mass is 438 g/mol. The number of aliphatic hydroxyl groups excluding tert-OH is 2. The predicted molar refractivity (Wildman–Crippen MR) is 130 cm³/mol. The van der Waals surface area contributed by atoms with Crippen LogP contribution in [0.3, 0.4) is 0 Å². The van der Waals surface area contributed by atoms with Crippen LogP contribution in [0.25, 0.3) is 0 Å². The van der Waals surface area contributed by atoms with Gasteiger partial charge in [-0.05, 0) is 86.9 Å². The first-order valence-electron chi connectivity index (χ1n) is 13.0. The first kappa shape index (κ1) is 23.7. The van der Waals surface area contributed by atoms with Gasteiger partial charge in [0.15, 0.2) is 0 Å². The lowest BCUT2D eigenvalue weighted by Crippen LogP contribution is -2.22. The Labute approximate surface area is 194 Å². The Hall–Kier alpha value is -1.49. The summed E-state index contributed by atoms with van der Waals surface area (Å²) in [5.41, 5.74) is 2.89. The molecule has 0 unspecified atom stereocenters. The molecule has 176 valence electrons. The lowest BCUT2D eigenvalue weighted by atomic mass is 9.83. The highest BCUT2D eigenvalue weighted by molar-refractivity contribution is 5.21. The molecule has 3 aliphatic carbocycles. The summed E-state index contributed by atoms with van der Waals surface area (Å²) >= 11 is 0. The first-order chi connectivity index (χ1) is 15.7. The molecule has 3 aliphatic rings. The molecule has 5 atom stereocenters. The van der Waals surface area contributed by atoms with E-state index in [9.17, 15) is 10.2 Å². The SMILES string of the molecule is O[C@H](/C=C/[C@@H]1[C@H]2CC(CCCCCNCc3ccncc3)=C[C@H]2C[C@H]1O)C1CCCCC1. The Morgan fingerprint density at radius 3 is 2.72 bits per heavy atom. The van der Waals surface area contributed by atoms with Crippen molar-refractivity contribution in [2.24, 2.45) is 23.7 Å². The van der Waals surface area contributed by atoms with E-state index < -0.39 is 0 Å². The van der Waals surface area contributed by atoms with E-state index in [1.54, 1.807) is 5.57 Å². The van der Waals surface area contributed by atoms with Crippen molar-refractivity contribution in [3.05, 3.63) is 53.9 Å². The number of fused-ring (bicyclic) bond motifs is 1. The van der Waals surface area contributed by atoms with Crippen LogP contribution in [-0.4, -0.2) is 33.9 Å². The largest absolute Gasteiger partial charge is 0.392 e. The van der Waals surface area contributed by atoms with Crippen LogP contribution in [0.2, 0.25) is 0 Å². The van der Waals surface area contributed by atoms with Gasteiger partial charge in [0.2, 0.25) is 0 Å². The molecule has 0 radical (unpaired) electrons. The minimum Gasteiger partial charge on any atom is -0.392 e. The van der Waals surface area contributed by atoms with Crippen LogP contribution in [0.15, 0.2) is 48.3 Å². The van der Waals surface area contributed by atoms with Crippen molar-refractivity contribution in [1.29, 1.82) is 0 Å². The van der Waals surface area contributed by atoms with E-state index in [2.05, 4.69) is 34.6 Å². The zero-order valence-corrected chi connectivity index (χ0v) is 19.5. The summed E-state index contributed by atoms with van der Waals surface area (Å²) in [6.45, 7) is 1.98. The Morgan fingerprint density at radius 2 is 1.91 bits per heavy atom. The maximum atomic E-state index is 10.6. The van der Waals surface area contributed by atoms with E-state index in [1.807, 2.05) is 18.5 Å². The molecule has 1 heterocycles. The summed E-state index contributed by atoms with van der Waals surface area (Å²) in [5, 5.41) is 24.7. The number of nitrogens with zero attached hydrogens (tertiary/aromatic N) is 1. The number of aliphatic hydroxyl groups is 2. The van der Waals surface area contributed by atoms with Crippen LogP contribution in [0.4, 0.5) is 0 Å². The average molecular weight is 439 g/mol. The number of pyridine rings is 1. The van der Waals surface area contributed by atoms with E-state index in [0.717, 1.165) is 38.8 Å². The van der Waals surface area contributed by atoms with Gasteiger partial charge in [-0.25, -0.2) is 0 Å². The number of rotatable bonds is 11. The highest BCUT2D eigenvalue weighted by atomic mass is 16.3. The third-order valence-electron chi connectivity index (χ3n) is 8.04. The molecule has 0 bridgehead atoms. The van der Waals surface area contributed by atoms with Gasteiger partial charge < -0.3 is 15.5 Å². The fourth-order valence-electron chi connectivity index (χ4n) is 6.18. The molecule has 0 saturated heterocycles. The maximum absolute atomic E-state index is 10.6. The van der Waals surface area contributed by atoms with Crippen LogP contribution in [0.1, 0.15) is 76.2 Å². The van der Waals surface area contributed by atoms with Gasteiger partial charge in [0.05, 0.1) is 12.2 Å². The van der Waals surface area contributed by atoms with Crippen LogP contribution in [0, 0.1) is 23.7 Å². The molecule has 2 fully saturated rings. The van der Waals surface area contributed by atoms with Gasteiger partial charge in [0.25, 0.3) is 0 Å². The Morgan fingerprint density at radius 1 is 1.09 bits per heavy atom. The third-order valence-corrected chi connectivity index (χ3v) is 8.04. The zero-order chi connectivity index (χ0) is 22.2. The molecular weight excluding hydrogens is 396 g/mol. The average Bonchev–Trinajstić information content (AvgIpc) is 3.34. The molecule has 32 heavy (non-hydrogen) atoms. The number of nitrogens with one attached hydrogen (secondary N) is 1. The van der Waals surface area contributed by atoms with Crippen molar-refractivity contribution in [2.45, 2.75) is 89.4 Å². The molecule has 0 spiro atoms. The molecule has 0 aliphatic heterocycles. The maximum Gasteiger partial charge on any atom is 0.0749 e. The van der Waals surface area contributed by atoms with E-state index in [4.69, 9.17) is 0 Å². The predicted octanol–water partition coefficient (Wildman–Crippen LogP) is 5.17. The minimum atomic E-state index is -0.331. The van der Waals surface area contributed by atoms with E-state index in [0.29, 0.717) is 17.8 Å². The molecular formula is C28H42N2O2. The first-order valence-corrected chi connectivity index (χ1v) is 13.0. The van der Waals surface area contributed by atoms with Crippen LogP contribution < -0.4 is 5.32 Å². The molecule has 2 saturated carbocycles. The van der Waals surface area contributed by atoms with E-state index in [-0.39, 0.29) is 18.1 Å². The van der Waals surface area contributed by atoms with Gasteiger partial charge in [-0.15, -0.1) is 0 Å². The molecule has 1 aromatic heterocycles. The van der Waals surface area contributed by atoms with Gasteiger partial charge in [0, 0.05) is 24.9 Å². The molecule has 4 nitrogen and oxygen atoms in total. The van der Waals surface area contributed by atoms with Crippen LogP contribution in [-0.2, 0) is 6.54 Å². The molecule has 0 amide bonds. The van der Waals surface area contributed by atoms with E-state index in [1.165, 1.54) is 50.5 Å². The van der Waals surface area contributed by atoms with Gasteiger partial charge >= 0.3 is 0 Å². The fourth-order valence-corrected chi connectivity index (χ4v) is 6.18. The Balaban J connectivity index is 1.13. The second kappa shape index (κ2) is 12.1. The third kappa shape index (κ3) is 6.52. The minimum absolute atomic E-state index is 0.212. The van der Waals surface area contributed by atoms with Crippen molar-refractivity contribution in [3.63, 3.8) is 0 Å². The smallest absolute Gasteiger partial charge is 0.0749 e. The van der Waals surface area contributed by atoms with Gasteiger partial charge in [-0.1, -0.05) is 49.5 Å². The molecule has 0 aromatic carbocycles. The normalized spacial score (nSPS) is 29.4. The number of hydrogen-bond acceptors (Lipinski definition) is 4. The highest BCUT2D eigenvalue weighted by Gasteiger charge is 2.43. The van der Waals surface area contributed by atoms with E-state index >= 15 is 0 Å². The van der Waals surface area contributed by atoms with Gasteiger partial charge in [-0.2, -0.15) is 0 Å². The summed E-state index contributed by atoms with van der Waals surface area (Å²) in [6, 6.07) is 4.12. The Bertz CT molecular complexity index is 741. The summed E-state index contributed by atoms with van der Waals surface area (Å²) in [6.07, 6.45) is 22.8. The van der Waals surface area contributed by atoms with Crippen molar-refractivity contribution in [3.8, 4) is 0 Å². The summed E-state index contributed by atoms with van der Waals surface area (Å²) in [5.74, 6) is 1.70. The lowest BCUT2D eigenvalue weighted by molar-refractivity contribution is 0.120.